The zero-order chi connectivity index (χ0) is 17.6. The molecule has 25 heavy (non-hydrogen) atoms. The number of hydrogen-bond donors (Lipinski definition) is 1. The molecule has 7 nitrogen and oxygen atoms in total. The minimum absolute atomic E-state index is 0.0667. The molecule has 7 heteroatoms. The highest BCUT2D eigenvalue weighted by atomic mass is 16.5. The molecule has 128 valence electrons. The molecule has 3 rings (SSSR count). The van der Waals surface area contributed by atoms with E-state index in [0.29, 0.717) is 18.1 Å². The van der Waals surface area contributed by atoms with Gasteiger partial charge in [-0.3, -0.25) is 4.79 Å². The zero-order valence-corrected chi connectivity index (χ0v) is 13.7. The Labute approximate surface area is 144 Å². The van der Waals surface area contributed by atoms with Crippen LogP contribution in [0.4, 0.5) is 0 Å². The highest BCUT2D eigenvalue weighted by Crippen LogP contribution is 2.25. The van der Waals surface area contributed by atoms with Crippen molar-refractivity contribution >= 4 is 5.97 Å². The van der Waals surface area contributed by atoms with Crippen LogP contribution in [0, 0.1) is 5.92 Å². The van der Waals surface area contributed by atoms with Crippen molar-refractivity contribution in [2.75, 3.05) is 0 Å². The molecule has 0 aliphatic heterocycles. The van der Waals surface area contributed by atoms with Gasteiger partial charge in [-0.15, -0.1) is 10.2 Å². The van der Waals surface area contributed by atoms with E-state index in [9.17, 15) is 4.79 Å². The summed E-state index contributed by atoms with van der Waals surface area (Å²) in [5.74, 6) is 0.991. The van der Waals surface area contributed by atoms with Crippen LogP contribution in [0.15, 0.2) is 54.6 Å². The van der Waals surface area contributed by atoms with Gasteiger partial charge in [0.05, 0.1) is 6.54 Å². The van der Waals surface area contributed by atoms with Crippen molar-refractivity contribution < 1.29 is 14.6 Å². The third-order valence-electron chi connectivity index (χ3n) is 3.52. The third-order valence-corrected chi connectivity index (χ3v) is 3.52. The molecule has 2 aromatic carbocycles. The Bertz CT molecular complexity index is 848. The standard InChI is InChI=1S/C18H18N4O3/c1-13(10-17(23)24)12-22-20-18(19-21-22)14-6-5-9-16(11-14)25-15-7-3-2-4-8-15/h2-9,11,13H,10,12H2,1H3,(H,23,24)/t13-/m0/s1. The van der Waals surface area contributed by atoms with Crippen LogP contribution in [-0.2, 0) is 11.3 Å². The van der Waals surface area contributed by atoms with E-state index in [1.165, 1.54) is 4.80 Å². The largest absolute Gasteiger partial charge is 0.481 e. The topological polar surface area (TPSA) is 90.1 Å². The predicted octanol–water partition coefficient (Wildman–Crippen LogP) is 3.24. The Hall–Kier alpha value is -3.22. The van der Waals surface area contributed by atoms with Gasteiger partial charge in [0.15, 0.2) is 0 Å². The van der Waals surface area contributed by atoms with Crippen molar-refractivity contribution in [2.45, 2.75) is 19.9 Å². The van der Waals surface area contributed by atoms with Gasteiger partial charge in [-0.1, -0.05) is 37.3 Å². The van der Waals surface area contributed by atoms with Gasteiger partial charge in [-0.05, 0) is 35.4 Å². The number of aromatic nitrogens is 4. The maximum absolute atomic E-state index is 10.7. The Balaban J connectivity index is 1.72. The smallest absolute Gasteiger partial charge is 0.303 e. The van der Waals surface area contributed by atoms with Crippen LogP contribution in [0.3, 0.4) is 0 Å². The molecule has 0 radical (unpaired) electrons. The summed E-state index contributed by atoms with van der Waals surface area (Å²) in [6.45, 7) is 2.24. The Morgan fingerprint density at radius 1 is 1.16 bits per heavy atom. The van der Waals surface area contributed by atoms with E-state index in [1.54, 1.807) is 0 Å². The van der Waals surface area contributed by atoms with E-state index in [1.807, 2.05) is 61.5 Å². The number of carboxylic acid groups (broad SMARTS) is 1. The van der Waals surface area contributed by atoms with Crippen molar-refractivity contribution in [3.8, 4) is 22.9 Å². The van der Waals surface area contributed by atoms with Gasteiger partial charge in [0.2, 0.25) is 5.82 Å². The summed E-state index contributed by atoms with van der Waals surface area (Å²) in [7, 11) is 0. The van der Waals surface area contributed by atoms with Crippen LogP contribution in [-0.4, -0.2) is 31.3 Å². The molecule has 0 unspecified atom stereocenters. The highest BCUT2D eigenvalue weighted by Gasteiger charge is 2.12. The summed E-state index contributed by atoms with van der Waals surface area (Å²) in [6, 6.07) is 16.9. The number of rotatable bonds is 7. The molecular weight excluding hydrogens is 320 g/mol. The van der Waals surface area contributed by atoms with E-state index in [-0.39, 0.29) is 12.3 Å². The van der Waals surface area contributed by atoms with E-state index in [0.717, 1.165) is 11.3 Å². The number of tetrazole rings is 1. The molecule has 1 aromatic heterocycles. The zero-order valence-electron chi connectivity index (χ0n) is 13.7. The average molecular weight is 338 g/mol. The number of ether oxygens (including phenoxy) is 1. The van der Waals surface area contributed by atoms with Crippen LogP contribution < -0.4 is 4.74 Å². The summed E-state index contributed by atoms with van der Waals surface area (Å²) in [5.41, 5.74) is 0.783. The minimum atomic E-state index is -0.835. The SMILES string of the molecule is C[C@@H](CC(=O)O)Cn1nnc(-c2cccc(Oc3ccccc3)c2)n1. The second-order valence-electron chi connectivity index (χ2n) is 5.81. The molecule has 0 spiro atoms. The number of para-hydroxylation sites is 1. The summed E-state index contributed by atoms with van der Waals surface area (Å²) < 4.78 is 5.81. The molecule has 0 fully saturated rings. The van der Waals surface area contributed by atoms with Gasteiger partial charge in [0.25, 0.3) is 0 Å². The van der Waals surface area contributed by atoms with E-state index >= 15 is 0 Å². The summed E-state index contributed by atoms with van der Waals surface area (Å²) in [5, 5.41) is 21.2. The Kier molecular flexibility index (Phi) is 5.03. The number of hydrogen-bond acceptors (Lipinski definition) is 5. The predicted molar refractivity (Wildman–Crippen MR) is 91.2 cm³/mol. The van der Waals surface area contributed by atoms with E-state index < -0.39 is 5.97 Å². The van der Waals surface area contributed by atoms with Gasteiger partial charge in [0, 0.05) is 12.0 Å². The lowest BCUT2D eigenvalue weighted by Gasteiger charge is -2.06. The first kappa shape index (κ1) is 16.6. The molecular formula is C18H18N4O3. The lowest BCUT2D eigenvalue weighted by Crippen LogP contribution is -2.14. The van der Waals surface area contributed by atoms with Crippen LogP contribution in [0.2, 0.25) is 0 Å². The summed E-state index contributed by atoms with van der Waals surface area (Å²) in [4.78, 5) is 12.2. The number of nitrogens with zero attached hydrogens (tertiary/aromatic N) is 4. The van der Waals surface area contributed by atoms with Crippen LogP contribution in [0.25, 0.3) is 11.4 Å². The van der Waals surface area contributed by atoms with Gasteiger partial charge >= 0.3 is 5.97 Å². The van der Waals surface area contributed by atoms with Crippen LogP contribution >= 0.6 is 0 Å². The minimum Gasteiger partial charge on any atom is -0.481 e. The first-order chi connectivity index (χ1) is 12.1. The first-order valence-corrected chi connectivity index (χ1v) is 7.93. The third kappa shape index (κ3) is 4.63. The quantitative estimate of drug-likeness (QED) is 0.711. The van der Waals surface area contributed by atoms with Gasteiger partial charge < -0.3 is 9.84 Å². The number of benzene rings is 2. The first-order valence-electron chi connectivity index (χ1n) is 7.93. The lowest BCUT2D eigenvalue weighted by molar-refractivity contribution is -0.138. The second kappa shape index (κ2) is 7.57. The van der Waals surface area contributed by atoms with Gasteiger partial charge in [-0.25, -0.2) is 0 Å². The fourth-order valence-electron chi connectivity index (χ4n) is 2.40. The molecule has 0 aliphatic rings. The summed E-state index contributed by atoms with van der Waals surface area (Å²) in [6.07, 6.45) is 0.0667. The lowest BCUT2D eigenvalue weighted by atomic mass is 10.1. The van der Waals surface area contributed by atoms with Gasteiger partial charge in [0.1, 0.15) is 11.5 Å². The molecule has 1 atom stereocenters. The number of carbonyl (C=O) groups is 1. The molecule has 1 heterocycles. The molecule has 0 saturated carbocycles. The molecule has 0 saturated heterocycles. The molecule has 1 N–H and O–H groups in total. The van der Waals surface area contributed by atoms with Crippen molar-refractivity contribution in [2.24, 2.45) is 5.92 Å². The van der Waals surface area contributed by atoms with Crippen molar-refractivity contribution in [3.05, 3.63) is 54.6 Å². The van der Waals surface area contributed by atoms with E-state index in [4.69, 9.17) is 9.84 Å². The second-order valence-corrected chi connectivity index (χ2v) is 5.81. The highest BCUT2D eigenvalue weighted by molar-refractivity contribution is 5.66. The summed E-state index contributed by atoms with van der Waals surface area (Å²) >= 11 is 0. The number of carboxylic acids is 1. The average Bonchev–Trinajstić information content (AvgIpc) is 3.03. The molecule has 0 amide bonds. The van der Waals surface area contributed by atoms with Crippen molar-refractivity contribution in [3.63, 3.8) is 0 Å². The van der Waals surface area contributed by atoms with E-state index in [2.05, 4.69) is 15.4 Å². The van der Waals surface area contributed by atoms with Gasteiger partial charge in [-0.2, -0.15) is 4.80 Å². The molecule has 3 aromatic rings. The van der Waals surface area contributed by atoms with Crippen molar-refractivity contribution in [1.29, 1.82) is 0 Å². The normalized spacial score (nSPS) is 11.9. The maximum Gasteiger partial charge on any atom is 0.303 e. The fraction of sp³-hybridized carbons (Fsp3) is 0.222. The Morgan fingerprint density at radius 2 is 1.92 bits per heavy atom. The number of aliphatic carboxylic acids is 1. The van der Waals surface area contributed by atoms with Crippen LogP contribution in [0.5, 0.6) is 11.5 Å². The molecule has 0 bridgehead atoms. The monoisotopic (exact) mass is 338 g/mol. The van der Waals surface area contributed by atoms with Crippen LogP contribution in [0.1, 0.15) is 13.3 Å². The molecule has 0 aliphatic carbocycles. The van der Waals surface area contributed by atoms with Crippen molar-refractivity contribution in [1.82, 2.24) is 20.2 Å². The Morgan fingerprint density at radius 3 is 2.68 bits per heavy atom. The fourth-order valence-corrected chi connectivity index (χ4v) is 2.40. The maximum atomic E-state index is 10.7.